The molecule has 0 aromatic carbocycles. The third kappa shape index (κ3) is 2.43. The standard InChI is InChI=1S/C16H26BFN2O3/c18-16-7-10-4-11(8-16)6-15(5-10,9-16)13(19)14(21)20-3-1-2-12(20)17(22)23/h10-13,22-23H,1-9,19H2/t10-,11?,12-,13+,15?,16?/m0/s1. The fourth-order valence-corrected chi connectivity index (χ4v) is 6.40. The minimum Gasteiger partial charge on any atom is -0.426 e. The summed E-state index contributed by atoms with van der Waals surface area (Å²) >= 11 is 0. The summed E-state index contributed by atoms with van der Waals surface area (Å²) in [6.45, 7) is 0.512. The van der Waals surface area contributed by atoms with E-state index < -0.39 is 30.2 Å². The maximum Gasteiger partial charge on any atom is 0.475 e. The predicted molar refractivity (Wildman–Crippen MR) is 83.9 cm³/mol. The summed E-state index contributed by atoms with van der Waals surface area (Å²) in [5.74, 6) is -0.0660. The Hall–Kier alpha value is -0.655. The molecule has 4 saturated carbocycles. The zero-order valence-electron chi connectivity index (χ0n) is 13.5. The molecule has 5 rings (SSSR count). The van der Waals surface area contributed by atoms with Crippen molar-refractivity contribution in [2.24, 2.45) is 23.0 Å². The second-order valence-electron chi connectivity index (χ2n) is 8.61. The molecular weight excluding hydrogens is 298 g/mol. The van der Waals surface area contributed by atoms with Crippen LogP contribution in [0, 0.1) is 17.3 Å². The Kier molecular flexibility index (Phi) is 3.56. The first-order valence-electron chi connectivity index (χ1n) is 8.93. The number of rotatable bonds is 3. The monoisotopic (exact) mass is 324 g/mol. The maximum atomic E-state index is 15.1. The highest BCUT2D eigenvalue weighted by Crippen LogP contribution is 2.64. The number of nitrogens with two attached hydrogens (primary N) is 1. The van der Waals surface area contributed by atoms with Crippen LogP contribution in [0.4, 0.5) is 4.39 Å². The molecule has 4 N–H and O–H groups in total. The number of amides is 1. The van der Waals surface area contributed by atoms with E-state index in [0.717, 1.165) is 25.7 Å². The molecule has 4 aliphatic carbocycles. The molecule has 0 spiro atoms. The van der Waals surface area contributed by atoms with Gasteiger partial charge in [-0.3, -0.25) is 4.79 Å². The molecule has 0 aromatic heterocycles. The summed E-state index contributed by atoms with van der Waals surface area (Å²) < 4.78 is 15.1. The summed E-state index contributed by atoms with van der Waals surface area (Å²) in [5, 5.41) is 19.0. The van der Waals surface area contributed by atoms with Gasteiger partial charge < -0.3 is 20.7 Å². The Morgan fingerprint density at radius 1 is 1.26 bits per heavy atom. The van der Waals surface area contributed by atoms with Crippen molar-refractivity contribution in [2.75, 3.05) is 6.54 Å². The van der Waals surface area contributed by atoms with E-state index in [-0.39, 0.29) is 5.91 Å². The van der Waals surface area contributed by atoms with Gasteiger partial charge in [-0.15, -0.1) is 0 Å². The second-order valence-corrected chi connectivity index (χ2v) is 8.61. The summed E-state index contributed by atoms with van der Waals surface area (Å²) in [6, 6.07) is -0.720. The highest BCUT2D eigenvalue weighted by Gasteiger charge is 2.61. The molecule has 1 heterocycles. The van der Waals surface area contributed by atoms with Crippen LogP contribution in [0.25, 0.3) is 0 Å². The van der Waals surface area contributed by atoms with Crippen molar-refractivity contribution in [3.05, 3.63) is 0 Å². The molecular formula is C16H26BFN2O3. The van der Waals surface area contributed by atoms with Crippen molar-refractivity contribution in [1.82, 2.24) is 4.90 Å². The van der Waals surface area contributed by atoms with Gasteiger partial charge in [0.2, 0.25) is 5.91 Å². The van der Waals surface area contributed by atoms with Gasteiger partial charge >= 0.3 is 7.12 Å². The number of carbonyl (C=O) groups excluding carboxylic acids is 1. The molecule has 6 atom stereocenters. The van der Waals surface area contributed by atoms with Crippen molar-refractivity contribution >= 4 is 13.0 Å². The molecule has 0 radical (unpaired) electrons. The molecule has 128 valence electrons. The number of carbonyl (C=O) groups is 1. The van der Waals surface area contributed by atoms with Crippen LogP contribution in [0.15, 0.2) is 0 Å². The van der Waals surface area contributed by atoms with Gasteiger partial charge in [-0.25, -0.2) is 4.39 Å². The van der Waals surface area contributed by atoms with E-state index >= 15 is 4.39 Å². The lowest BCUT2D eigenvalue weighted by atomic mass is 9.46. The molecule has 3 unspecified atom stereocenters. The van der Waals surface area contributed by atoms with Gasteiger partial charge in [0.15, 0.2) is 0 Å². The largest absolute Gasteiger partial charge is 0.475 e. The van der Waals surface area contributed by atoms with E-state index in [2.05, 4.69) is 0 Å². The number of hydrogen-bond donors (Lipinski definition) is 3. The second kappa shape index (κ2) is 5.17. The highest BCUT2D eigenvalue weighted by atomic mass is 19.1. The predicted octanol–water partition coefficient (Wildman–Crippen LogP) is 0.625. The van der Waals surface area contributed by atoms with Crippen molar-refractivity contribution in [2.45, 2.75) is 69.0 Å². The Morgan fingerprint density at radius 3 is 2.48 bits per heavy atom. The molecule has 23 heavy (non-hydrogen) atoms. The molecule has 5 fully saturated rings. The highest BCUT2D eigenvalue weighted by molar-refractivity contribution is 6.43. The first-order chi connectivity index (χ1) is 10.8. The average Bonchev–Trinajstić information content (AvgIpc) is 2.92. The molecule has 1 amide bonds. The van der Waals surface area contributed by atoms with E-state index in [4.69, 9.17) is 5.73 Å². The van der Waals surface area contributed by atoms with Gasteiger partial charge in [-0.1, -0.05) is 0 Å². The molecule has 4 bridgehead atoms. The van der Waals surface area contributed by atoms with Crippen molar-refractivity contribution in [3.63, 3.8) is 0 Å². The van der Waals surface area contributed by atoms with E-state index in [1.165, 1.54) is 4.90 Å². The number of nitrogens with zero attached hydrogens (tertiary/aromatic N) is 1. The van der Waals surface area contributed by atoms with Crippen molar-refractivity contribution < 1.29 is 19.2 Å². The fourth-order valence-electron chi connectivity index (χ4n) is 6.40. The lowest BCUT2D eigenvalue weighted by Crippen LogP contribution is -2.64. The van der Waals surface area contributed by atoms with Gasteiger partial charge in [0.25, 0.3) is 0 Å². The Labute approximate surface area is 136 Å². The van der Waals surface area contributed by atoms with Crippen LogP contribution >= 0.6 is 0 Å². The summed E-state index contributed by atoms with van der Waals surface area (Å²) in [6.07, 6.45) is 5.79. The third-order valence-electron chi connectivity index (χ3n) is 6.89. The number of halogens is 1. The first kappa shape index (κ1) is 15.8. The zero-order chi connectivity index (χ0) is 16.4. The zero-order valence-corrected chi connectivity index (χ0v) is 13.5. The van der Waals surface area contributed by atoms with Crippen LogP contribution in [0.5, 0.6) is 0 Å². The Bertz CT molecular complexity index is 504. The van der Waals surface area contributed by atoms with Crippen LogP contribution in [0.1, 0.15) is 51.4 Å². The topological polar surface area (TPSA) is 86.8 Å². The summed E-state index contributed by atoms with van der Waals surface area (Å²) in [5.41, 5.74) is 4.83. The van der Waals surface area contributed by atoms with Gasteiger partial charge in [0.1, 0.15) is 5.67 Å². The molecule has 5 nitrogen and oxygen atoms in total. The van der Waals surface area contributed by atoms with Crippen LogP contribution in [-0.2, 0) is 4.79 Å². The summed E-state index contributed by atoms with van der Waals surface area (Å²) in [7, 11) is -1.53. The molecule has 0 aromatic rings. The first-order valence-corrected chi connectivity index (χ1v) is 8.93. The molecule has 1 saturated heterocycles. The lowest BCUT2D eigenvalue weighted by molar-refractivity contribution is -0.155. The normalized spacial score (nSPS) is 46.3. The fraction of sp³-hybridized carbons (Fsp3) is 0.938. The SMILES string of the molecule is N[C@H](C(=O)N1CCC[C@H]1B(O)O)C12CC3C[C@H](CC(F)(C3)C1)C2. The quantitative estimate of drug-likeness (QED) is 0.665. The van der Waals surface area contributed by atoms with E-state index in [1.807, 2.05) is 0 Å². The number of alkyl halides is 1. The number of hydrogen-bond acceptors (Lipinski definition) is 4. The number of likely N-dealkylation sites (tertiary alicyclic amines) is 1. The minimum absolute atomic E-state index is 0.217. The van der Waals surface area contributed by atoms with Crippen LogP contribution in [-0.4, -0.2) is 52.2 Å². The van der Waals surface area contributed by atoms with Gasteiger partial charge in [0.05, 0.1) is 12.0 Å². The van der Waals surface area contributed by atoms with Crippen molar-refractivity contribution in [1.29, 1.82) is 0 Å². The van der Waals surface area contributed by atoms with Gasteiger partial charge in [-0.2, -0.15) is 0 Å². The summed E-state index contributed by atoms with van der Waals surface area (Å²) in [4.78, 5) is 14.5. The van der Waals surface area contributed by atoms with Gasteiger partial charge in [-0.05, 0) is 68.6 Å². The van der Waals surface area contributed by atoms with E-state index in [9.17, 15) is 14.8 Å². The average molecular weight is 324 g/mol. The smallest absolute Gasteiger partial charge is 0.426 e. The van der Waals surface area contributed by atoms with Gasteiger partial charge in [0, 0.05) is 6.54 Å². The minimum atomic E-state index is -1.53. The molecule has 1 aliphatic heterocycles. The molecule has 5 aliphatic rings. The van der Waals surface area contributed by atoms with E-state index in [1.54, 1.807) is 0 Å². The Balaban J connectivity index is 1.57. The van der Waals surface area contributed by atoms with E-state index in [0.29, 0.717) is 44.1 Å². The van der Waals surface area contributed by atoms with Crippen LogP contribution in [0.3, 0.4) is 0 Å². The lowest BCUT2D eigenvalue weighted by Gasteiger charge is -2.60. The van der Waals surface area contributed by atoms with Crippen molar-refractivity contribution in [3.8, 4) is 0 Å². The Morgan fingerprint density at radius 2 is 1.91 bits per heavy atom. The van der Waals surface area contributed by atoms with Crippen LogP contribution < -0.4 is 5.73 Å². The molecule has 7 heteroatoms. The third-order valence-corrected chi connectivity index (χ3v) is 6.89. The maximum absolute atomic E-state index is 15.1. The van der Waals surface area contributed by atoms with Crippen LogP contribution in [0.2, 0.25) is 0 Å².